The summed E-state index contributed by atoms with van der Waals surface area (Å²) in [6, 6.07) is 10.7. The van der Waals surface area contributed by atoms with Crippen LogP contribution >= 0.6 is 11.3 Å². The summed E-state index contributed by atoms with van der Waals surface area (Å²) in [5.74, 6) is 0.158. The fourth-order valence-electron chi connectivity index (χ4n) is 3.18. The lowest BCUT2D eigenvalue weighted by Crippen LogP contribution is -2.47. The van der Waals surface area contributed by atoms with Gasteiger partial charge in [0.1, 0.15) is 0 Å². The van der Waals surface area contributed by atoms with Crippen LogP contribution < -0.4 is 0 Å². The summed E-state index contributed by atoms with van der Waals surface area (Å²) in [7, 11) is 4.19. The number of aryl methyl sites for hydroxylation is 1. The summed E-state index contributed by atoms with van der Waals surface area (Å²) in [6.07, 6.45) is 2.26. The maximum absolute atomic E-state index is 12.7. The molecule has 122 valence electrons. The van der Waals surface area contributed by atoms with E-state index in [-0.39, 0.29) is 5.91 Å². The number of benzene rings is 1. The van der Waals surface area contributed by atoms with E-state index in [0.29, 0.717) is 6.04 Å². The average molecular weight is 328 g/mol. The van der Waals surface area contributed by atoms with E-state index < -0.39 is 0 Å². The second-order valence-electron chi connectivity index (χ2n) is 6.52. The minimum Gasteiger partial charge on any atom is -0.337 e. The highest BCUT2D eigenvalue weighted by atomic mass is 32.1. The zero-order valence-corrected chi connectivity index (χ0v) is 14.9. The van der Waals surface area contributed by atoms with Gasteiger partial charge in [0.2, 0.25) is 0 Å². The number of likely N-dealkylation sites (N-methyl/N-ethyl adjacent to an activating group) is 1. The first kappa shape index (κ1) is 16.2. The smallest absolute Gasteiger partial charge is 0.253 e. The second kappa shape index (κ2) is 6.85. The summed E-state index contributed by atoms with van der Waals surface area (Å²) in [5.41, 5.74) is 3.28. The maximum atomic E-state index is 12.7. The summed E-state index contributed by atoms with van der Waals surface area (Å²) >= 11 is 1.75. The van der Waals surface area contributed by atoms with E-state index in [4.69, 9.17) is 0 Å². The van der Waals surface area contributed by atoms with Gasteiger partial charge in [-0.3, -0.25) is 4.79 Å². The van der Waals surface area contributed by atoms with Gasteiger partial charge in [-0.2, -0.15) is 0 Å². The molecule has 1 unspecified atom stereocenters. The Morgan fingerprint density at radius 3 is 2.57 bits per heavy atom. The van der Waals surface area contributed by atoms with Gasteiger partial charge in [-0.15, -0.1) is 11.3 Å². The summed E-state index contributed by atoms with van der Waals surface area (Å²) in [5, 5.41) is 2.11. The van der Waals surface area contributed by atoms with E-state index in [0.717, 1.165) is 25.1 Å². The van der Waals surface area contributed by atoms with Crippen molar-refractivity contribution in [2.24, 2.45) is 0 Å². The van der Waals surface area contributed by atoms with Crippen LogP contribution in [-0.2, 0) is 0 Å². The molecule has 1 aliphatic rings. The van der Waals surface area contributed by atoms with Gasteiger partial charge >= 0.3 is 0 Å². The molecule has 0 saturated carbocycles. The van der Waals surface area contributed by atoms with Crippen molar-refractivity contribution in [3.8, 4) is 10.4 Å². The number of nitrogens with zero attached hydrogens (tertiary/aromatic N) is 2. The quantitative estimate of drug-likeness (QED) is 0.853. The van der Waals surface area contributed by atoms with E-state index in [9.17, 15) is 4.79 Å². The Morgan fingerprint density at radius 2 is 1.96 bits per heavy atom. The number of amides is 1. The lowest BCUT2D eigenvalue weighted by Gasteiger charge is -2.36. The van der Waals surface area contributed by atoms with E-state index in [2.05, 4.69) is 49.5 Å². The zero-order valence-electron chi connectivity index (χ0n) is 14.1. The normalized spacial score (nSPS) is 18.4. The van der Waals surface area contributed by atoms with Gasteiger partial charge in [-0.25, -0.2) is 0 Å². The van der Waals surface area contributed by atoms with Crippen molar-refractivity contribution in [3.63, 3.8) is 0 Å². The molecular weight excluding hydrogens is 304 g/mol. The predicted octanol–water partition coefficient (Wildman–Crippen LogP) is 3.89. The first-order chi connectivity index (χ1) is 11.1. The molecule has 4 heteroatoms. The first-order valence-electron chi connectivity index (χ1n) is 8.16. The van der Waals surface area contributed by atoms with Crippen LogP contribution in [0.1, 0.15) is 28.8 Å². The molecular formula is C19H24N2OS. The van der Waals surface area contributed by atoms with Gasteiger partial charge < -0.3 is 9.80 Å². The molecule has 1 saturated heterocycles. The molecule has 1 aromatic carbocycles. The van der Waals surface area contributed by atoms with Gasteiger partial charge in [0, 0.05) is 29.6 Å². The van der Waals surface area contributed by atoms with Crippen LogP contribution in [0, 0.1) is 6.92 Å². The number of hydrogen-bond donors (Lipinski definition) is 0. The number of piperidine rings is 1. The summed E-state index contributed by atoms with van der Waals surface area (Å²) in [6.45, 7) is 3.83. The van der Waals surface area contributed by atoms with Crippen LogP contribution in [-0.4, -0.2) is 48.9 Å². The number of carbonyl (C=O) groups excluding carboxylic acids is 1. The molecule has 1 fully saturated rings. The monoisotopic (exact) mass is 328 g/mol. The number of carbonyl (C=O) groups is 1. The Bertz CT molecular complexity index is 675. The van der Waals surface area contributed by atoms with Crippen LogP contribution in [0.15, 0.2) is 35.7 Å². The molecule has 0 aliphatic carbocycles. The van der Waals surface area contributed by atoms with Crippen LogP contribution in [0.2, 0.25) is 0 Å². The molecule has 23 heavy (non-hydrogen) atoms. The van der Waals surface area contributed by atoms with Crippen molar-refractivity contribution < 1.29 is 4.79 Å². The molecule has 0 spiro atoms. The molecule has 1 aromatic heterocycles. The predicted molar refractivity (Wildman–Crippen MR) is 97.1 cm³/mol. The Hall–Kier alpha value is -1.65. The lowest BCUT2D eigenvalue weighted by atomic mass is 10.0. The van der Waals surface area contributed by atoms with Gasteiger partial charge in [0.15, 0.2) is 0 Å². The van der Waals surface area contributed by atoms with E-state index in [1.807, 2.05) is 17.0 Å². The molecule has 0 radical (unpaired) electrons. The SMILES string of the molecule is Cc1ccsc1-c1ccc(C(=O)N2CCCC(N(C)C)C2)cc1. The molecule has 1 amide bonds. The molecule has 3 rings (SSSR count). The highest BCUT2D eigenvalue weighted by molar-refractivity contribution is 7.13. The first-order valence-corrected chi connectivity index (χ1v) is 9.04. The third-order valence-electron chi connectivity index (χ3n) is 4.67. The molecule has 2 heterocycles. The van der Waals surface area contributed by atoms with Gasteiger partial charge in [-0.1, -0.05) is 12.1 Å². The van der Waals surface area contributed by atoms with Crippen molar-refractivity contribution in [3.05, 3.63) is 46.8 Å². The number of thiophene rings is 1. The minimum atomic E-state index is 0.158. The van der Waals surface area contributed by atoms with Crippen LogP contribution in [0.4, 0.5) is 0 Å². The standard InChI is InChI=1S/C19H24N2OS/c1-14-10-12-23-18(14)15-6-8-16(9-7-15)19(22)21-11-4-5-17(13-21)20(2)3/h6-10,12,17H,4-5,11,13H2,1-3H3. The lowest BCUT2D eigenvalue weighted by molar-refractivity contribution is 0.0635. The fraction of sp³-hybridized carbons (Fsp3) is 0.421. The largest absolute Gasteiger partial charge is 0.337 e. The summed E-state index contributed by atoms with van der Waals surface area (Å²) in [4.78, 5) is 18.3. The Morgan fingerprint density at radius 1 is 1.22 bits per heavy atom. The van der Waals surface area contributed by atoms with E-state index in [1.165, 1.54) is 22.4 Å². The van der Waals surface area contributed by atoms with Crippen molar-refractivity contribution in [1.29, 1.82) is 0 Å². The molecule has 2 aromatic rings. The van der Waals surface area contributed by atoms with Gasteiger partial charge in [0.25, 0.3) is 5.91 Å². The van der Waals surface area contributed by atoms with Crippen molar-refractivity contribution in [1.82, 2.24) is 9.80 Å². The zero-order chi connectivity index (χ0) is 16.4. The highest BCUT2D eigenvalue weighted by Crippen LogP contribution is 2.29. The third kappa shape index (κ3) is 3.48. The van der Waals surface area contributed by atoms with Crippen LogP contribution in [0.25, 0.3) is 10.4 Å². The van der Waals surface area contributed by atoms with Crippen LogP contribution in [0.3, 0.4) is 0 Å². The molecule has 1 atom stereocenters. The third-order valence-corrected chi connectivity index (χ3v) is 5.74. The van der Waals surface area contributed by atoms with Crippen molar-refractivity contribution >= 4 is 17.2 Å². The Balaban J connectivity index is 1.74. The molecule has 1 aliphatic heterocycles. The van der Waals surface area contributed by atoms with Crippen molar-refractivity contribution in [2.45, 2.75) is 25.8 Å². The van der Waals surface area contributed by atoms with Crippen LogP contribution in [0.5, 0.6) is 0 Å². The number of likely N-dealkylation sites (tertiary alicyclic amines) is 1. The topological polar surface area (TPSA) is 23.6 Å². The maximum Gasteiger partial charge on any atom is 0.253 e. The second-order valence-corrected chi connectivity index (χ2v) is 7.44. The number of hydrogen-bond acceptors (Lipinski definition) is 3. The Labute approximate surface area is 142 Å². The summed E-state index contributed by atoms with van der Waals surface area (Å²) < 4.78 is 0. The highest BCUT2D eigenvalue weighted by Gasteiger charge is 2.25. The number of rotatable bonds is 3. The molecule has 0 bridgehead atoms. The molecule has 3 nitrogen and oxygen atoms in total. The van der Waals surface area contributed by atoms with Gasteiger partial charge in [-0.05, 0) is 68.6 Å². The minimum absolute atomic E-state index is 0.158. The average Bonchev–Trinajstić information content (AvgIpc) is 3.00. The van der Waals surface area contributed by atoms with Gasteiger partial charge in [0.05, 0.1) is 0 Å². The fourth-order valence-corrected chi connectivity index (χ4v) is 4.11. The Kier molecular flexibility index (Phi) is 4.83. The van der Waals surface area contributed by atoms with E-state index in [1.54, 1.807) is 11.3 Å². The molecule has 0 N–H and O–H groups in total. The van der Waals surface area contributed by atoms with E-state index >= 15 is 0 Å². The van der Waals surface area contributed by atoms with Crippen molar-refractivity contribution in [2.75, 3.05) is 27.2 Å².